The summed E-state index contributed by atoms with van der Waals surface area (Å²) in [4.78, 5) is 10.6. The first-order valence-electron chi connectivity index (χ1n) is 3.78. The topological polar surface area (TPSA) is 40.9 Å². The van der Waals surface area contributed by atoms with Gasteiger partial charge in [-0.2, -0.15) is 18.4 Å². The molecule has 0 aliphatic carbocycles. The second-order valence-electron chi connectivity index (χ2n) is 2.76. The van der Waals surface area contributed by atoms with Gasteiger partial charge < -0.3 is 0 Å². The summed E-state index contributed by atoms with van der Waals surface area (Å²) < 4.78 is 50.0. The number of nitrogens with zero attached hydrogens (tertiary/aromatic N) is 1. The van der Waals surface area contributed by atoms with E-state index >= 15 is 0 Å². The first-order valence-corrected chi connectivity index (χ1v) is 4.16. The van der Waals surface area contributed by atoms with Gasteiger partial charge in [0.25, 0.3) is 5.24 Å². The quantitative estimate of drug-likeness (QED) is 0.568. The summed E-state index contributed by atoms with van der Waals surface area (Å²) in [6, 6.07) is 1.78. The maximum atomic E-state index is 13.0. The molecule has 0 radical (unpaired) electrons. The molecule has 0 fully saturated rings. The van der Waals surface area contributed by atoms with Crippen LogP contribution in [0.5, 0.6) is 0 Å². The van der Waals surface area contributed by atoms with Crippen LogP contribution in [-0.4, -0.2) is 5.24 Å². The predicted molar refractivity (Wildman–Crippen MR) is 46.3 cm³/mol. The standard InChI is InChI=1S/C9H2ClF4NO/c10-8(16)5-1-4(3-15)6(2-7(5)11)9(12,13)14/h1-2H. The minimum atomic E-state index is -4.86. The third-order valence-corrected chi connectivity index (χ3v) is 1.95. The van der Waals surface area contributed by atoms with E-state index in [0.717, 1.165) is 0 Å². The largest absolute Gasteiger partial charge is 0.417 e. The number of rotatable bonds is 1. The highest BCUT2D eigenvalue weighted by molar-refractivity contribution is 6.67. The van der Waals surface area contributed by atoms with Gasteiger partial charge in [0.15, 0.2) is 0 Å². The Hall–Kier alpha value is -1.61. The van der Waals surface area contributed by atoms with E-state index in [1.807, 2.05) is 0 Å². The average Bonchev–Trinajstić information content (AvgIpc) is 2.15. The fraction of sp³-hybridized carbons (Fsp3) is 0.111. The van der Waals surface area contributed by atoms with Crippen molar-refractivity contribution in [2.75, 3.05) is 0 Å². The van der Waals surface area contributed by atoms with Crippen molar-refractivity contribution in [1.29, 1.82) is 5.26 Å². The van der Waals surface area contributed by atoms with Gasteiger partial charge in [0, 0.05) is 0 Å². The Kier molecular flexibility index (Phi) is 3.19. The first kappa shape index (κ1) is 12.5. The highest BCUT2D eigenvalue weighted by atomic mass is 35.5. The predicted octanol–water partition coefficient (Wildman–Crippen LogP) is 3.10. The SMILES string of the molecule is N#Cc1cc(C(=O)Cl)c(F)cc1C(F)(F)F. The molecule has 0 unspecified atom stereocenters. The molecular formula is C9H2ClF4NO. The lowest BCUT2D eigenvalue weighted by molar-refractivity contribution is -0.138. The zero-order valence-electron chi connectivity index (χ0n) is 7.40. The average molecular weight is 252 g/mol. The van der Waals surface area contributed by atoms with Gasteiger partial charge in [-0.05, 0) is 23.7 Å². The molecule has 0 saturated carbocycles. The molecule has 0 aromatic heterocycles. The van der Waals surface area contributed by atoms with Crippen LogP contribution in [0.25, 0.3) is 0 Å². The summed E-state index contributed by atoms with van der Waals surface area (Å²) >= 11 is 4.93. The van der Waals surface area contributed by atoms with Crippen molar-refractivity contribution >= 4 is 16.8 Å². The summed E-state index contributed by atoms with van der Waals surface area (Å²) in [5.41, 5.74) is -3.04. The molecule has 0 N–H and O–H groups in total. The third-order valence-electron chi connectivity index (χ3n) is 1.74. The van der Waals surface area contributed by atoms with E-state index in [9.17, 15) is 22.4 Å². The molecule has 16 heavy (non-hydrogen) atoms. The first-order chi connectivity index (χ1) is 7.27. The number of alkyl halides is 3. The van der Waals surface area contributed by atoms with Gasteiger partial charge in [-0.25, -0.2) is 4.39 Å². The van der Waals surface area contributed by atoms with Crippen molar-refractivity contribution in [3.8, 4) is 6.07 Å². The van der Waals surface area contributed by atoms with Gasteiger partial charge in [-0.1, -0.05) is 0 Å². The number of nitriles is 1. The monoisotopic (exact) mass is 251 g/mol. The van der Waals surface area contributed by atoms with E-state index in [-0.39, 0.29) is 6.07 Å². The van der Waals surface area contributed by atoms with Crippen LogP contribution in [0.2, 0.25) is 0 Å². The maximum absolute atomic E-state index is 13.0. The van der Waals surface area contributed by atoms with E-state index in [4.69, 9.17) is 16.9 Å². The van der Waals surface area contributed by atoms with Crippen molar-refractivity contribution in [1.82, 2.24) is 0 Å². The molecule has 1 rings (SSSR count). The molecule has 0 amide bonds. The fourth-order valence-corrected chi connectivity index (χ4v) is 1.20. The summed E-state index contributed by atoms with van der Waals surface area (Å²) in [5.74, 6) is -1.41. The molecule has 7 heteroatoms. The summed E-state index contributed by atoms with van der Waals surface area (Å²) in [6.45, 7) is 0. The van der Waals surface area contributed by atoms with Crippen LogP contribution in [0, 0.1) is 17.1 Å². The van der Waals surface area contributed by atoms with Crippen LogP contribution in [0.15, 0.2) is 12.1 Å². The van der Waals surface area contributed by atoms with Crippen molar-refractivity contribution in [3.05, 3.63) is 34.6 Å². The smallest absolute Gasteiger partial charge is 0.275 e. The highest BCUT2D eigenvalue weighted by Gasteiger charge is 2.35. The molecule has 0 saturated heterocycles. The van der Waals surface area contributed by atoms with Gasteiger partial charge >= 0.3 is 6.18 Å². The summed E-state index contributed by atoms with van der Waals surface area (Å²) in [7, 11) is 0. The van der Waals surface area contributed by atoms with Crippen molar-refractivity contribution in [3.63, 3.8) is 0 Å². The van der Waals surface area contributed by atoms with Crippen LogP contribution in [-0.2, 0) is 6.18 Å². The molecule has 0 bridgehead atoms. The van der Waals surface area contributed by atoms with Crippen molar-refractivity contribution in [2.45, 2.75) is 6.18 Å². The molecule has 0 aliphatic rings. The third kappa shape index (κ3) is 2.31. The number of hydrogen-bond donors (Lipinski definition) is 0. The molecular weight excluding hydrogens is 250 g/mol. The molecule has 84 valence electrons. The maximum Gasteiger partial charge on any atom is 0.417 e. The summed E-state index contributed by atoms with van der Waals surface area (Å²) in [6.07, 6.45) is -4.86. The van der Waals surface area contributed by atoms with Crippen LogP contribution in [0.3, 0.4) is 0 Å². The van der Waals surface area contributed by atoms with E-state index < -0.39 is 33.9 Å². The van der Waals surface area contributed by atoms with Crippen LogP contribution in [0.4, 0.5) is 17.6 Å². The van der Waals surface area contributed by atoms with E-state index in [1.54, 1.807) is 0 Å². The molecule has 1 aromatic carbocycles. The minimum absolute atomic E-state index is 0.0775. The lowest BCUT2D eigenvalue weighted by atomic mass is 10.0. The van der Waals surface area contributed by atoms with E-state index in [2.05, 4.69) is 0 Å². The van der Waals surface area contributed by atoms with Gasteiger partial charge in [0.1, 0.15) is 5.82 Å². The second kappa shape index (κ2) is 4.10. The fourth-order valence-electron chi connectivity index (χ4n) is 1.05. The lowest BCUT2D eigenvalue weighted by Gasteiger charge is -2.09. The Bertz CT molecular complexity index is 490. The van der Waals surface area contributed by atoms with E-state index in [1.165, 1.54) is 6.07 Å². The molecule has 2 nitrogen and oxygen atoms in total. The number of carbonyl (C=O) groups excluding carboxylic acids is 1. The molecule has 0 atom stereocenters. The van der Waals surface area contributed by atoms with Crippen LogP contribution >= 0.6 is 11.6 Å². The summed E-state index contributed by atoms with van der Waals surface area (Å²) in [5, 5.41) is 7.19. The van der Waals surface area contributed by atoms with Gasteiger partial charge in [-0.15, -0.1) is 0 Å². The lowest BCUT2D eigenvalue weighted by Crippen LogP contribution is -2.10. The number of carbonyl (C=O) groups is 1. The normalized spacial score (nSPS) is 11.0. The molecule has 0 aliphatic heterocycles. The zero-order valence-corrected chi connectivity index (χ0v) is 8.16. The number of hydrogen-bond acceptors (Lipinski definition) is 2. The molecule has 0 spiro atoms. The van der Waals surface area contributed by atoms with Gasteiger partial charge in [-0.3, -0.25) is 4.79 Å². The minimum Gasteiger partial charge on any atom is -0.275 e. The molecule has 1 aromatic rings. The number of halogens is 5. The van der Waals surface area contributed by atoms with Crippen LogP contribution < -0.4 is 0 Å². The highest BCUT2D eigenvalue weighted by Crippen LogP contribution is 2.33. The van der Waals surface area contributed by atoms with Crippen LogP contribution in [0.1, 0.15) is 21.5 Å². The Morgan fingerprint density at radius 1 is 1.38 bits per heavy atom. The molecule has 0 heterocycles. The Morgan fingerprint density at radius 3 is 2.31 bits per heavy atom. The second-order valence-corrected chi connectivity index (χ2v) is 3.10. The Morgan fingerprint density at radius 2 is 1.94 bits per heavy atom. The number of benzene rings is 1. The Balaban J connectivity index is 3.52. The van der Waals surface area contributed by atoms with E-state index in [0.29, 0.717) is 6.07 Å². The van der Waals surface area contributed by atoms with Crippen molar-refractivity contribution in [2.24, 2.45) is 0 Å². The van der Waals surface area contributed by atoms with Gasteiger partial charge in [0.2, 0.25) is 0 Å². The van der Waals surface area contributed by atoms with Crippen molar-refractivity contribution < 1.29 is 22.4 Å². The van der Waals surface area contributed by atoms with Gasteiger partial charge in [0.05, 0.1) is 22.8 Å². The Labute approximate surface area is 92.0 Å². The zero-order chi connectivity index (χ0) is 12.5.